The maximum atomic E-state index is 12.0. The van der Waals surface area contributed by atoms with E-state index < -0.39 is 23.0 Å². The van der Waals surface area contributed by atoms with Gasteiger partial charge in [-0.25, -0.2) is 0 Å². The molecule has 0 atom stereocenters. The van der Waals surface area contributed by atoms with Crippen molar-refractivity contribution in [3.05, 3.63) is 32.8 Å². The Balaban J connectivity index is 3.28. The Bertz CT molecular complexity index is 398. The summed E-state index contributed by atoms with van der Waals surface area (Å²) in [6, 6.07) is 2.28. The first-order chi connectivity index (χ1) is 6.93. The molecule has 0 N–H and O–H groups in total. The highest BCUT2D eigenvalue weighted by Crippen LogP contribution is 2.35. The number of rotatable bonds is 3. The summed E-state index contributed by atoms with van der Waals surface area (Å²) in [5.74, 6) is -0.498. The number of hydrogen-bond acceptors (Lipinski definition) is 3. The van der Waals surface area contributed by atoms with Crippen molar-refractivity contribution in [3.63, 3.8) is 0 Å². The standard InChI is InChI=1S/C8H6ClF2NO3/c1-4-5(9)2-3-6(12(13)14)7(4)15-8(10)11/h2-3,8H,1H3. The monoisotopic (exact) mass is 237 g/mol. The summed E-state index contributed by atoms with van der Waals surface area (Å²) >= 11 is 5.63. The van der Waals surface area contributed by atoms with Crippen LogP contribution in [0.5, 0.6) is 5.75 Å². The lowest BCUT2D eigenvalue weighted by Crippen LogP contribution is -2.06. The largest absolute Gasteiger partial charge is 0.427 e. The highest BCUT2D eigenvalue weighted by atomic mass is 35.5. The molecule has 0 unspecified atom stereocenters. The van der Waals surface area contributed by atoms with Crippen LogP contribution in [-0.2, 0) is 0 Å². The number of ether oxygens (including phenoxy) is 1. The number of nitro groups is 1. The minimum absolute atomic E-state index is 0.117. The molecule has 0 spiro atoms. The number of nitro benzene ring substituents is 1. The van der Waals surface area contributed by atoms with Gasteiger partial charge in [-0.05, 0) is 13.0 Å². The van der Waals surface area contributed by atoms with E-state index >= 15 is 0 Å². The Morgan fingerprint density at radius 1 is 1.53 bits per heavy atom. The Morgan fingerprint density at radius 3 is 2.60 bits per heavy atom. The van der Waals surface area contributed by atoms with Crippen molar-refractivity contribution in [1.82, 2.24) is 0 Å². The predicted octanol–water partition coefficient (Wildman–Crippen LogP) is 3.16. The van der Waals surface area contributed by atoms with Crippen molar-refractivity contribution in [3.8, 4) is 5.75 Å². The molecule has 82 valence electrons. The quantitative estimate of drug-likeness (QED) is 0.599. The molecule has 15 heavy (non-hydrogen) atoms. The number of hydrogen-bond donors (Lipinski definition) is 0. The molecule has 0 aromatic heterocycles. The lowest BCUT2D eigenvalue weighted by Gasteiger charge is -2.08. The second kappa shape index (κ2) is 4.39. The van der Waals surface area contributed by atoms with E-state index in [1.807, 2.05) is 0 Å². The van der Waals surface area contributed by atoms with Gasteiger partial charge >= 0.3 is 12.3 Å². The molecule has 0 aliphatic carbocycles. The number of benzene rings is 1. The van der Waals surface area contributed by atoms with Crippen LogP contribution in [0.3, 0.4) is 0 Å². The van der Waals surface area contributed by atoms with Gasteiger partial charge in [0.1, 0.15) is 0 Å². The van der Waals surface area contributed by atoms with Gasteiger partial charge in [-0.3, -0.25) is 10.1 Å². The van der Waals surface area contributed by atoms with Crippen molar-refractivity contribution in [1.29, 1.82) is 0 Å². The highest BCUT2D eigenvalue weighted by molar-refractivity contribution is 6.31. The molecule has 1 rings (SSSR count). The second-order valence-corrected chi connectivity index (χ2v) is 3.06. The van der Waals surface area contributed by atoms with Gasteiger partial charge in [-0.2, -0.15) is 8.78 Å². The summed E-state index contributed by atoms with van der Waals surface area (Å²) in [5.41, 5.74) is -0.414. The van der Waals surface area contributed by atoms with Crippen LogP contribution in [0.4, 0.5) is 14.5 Å². The van der Waals surface area contributed by atoms with E-state index in [0.717, 1.165) is 6.07 Å². The molecule has 0 radical (unpaired) electrons. The summed E-state index contributed by atoms with van der Waals surface area (Å²) in [7, 11) is 0. The van der Waals surface area contributed by atoms with Crippen LogP contribution < -0.4 is 4.74 Å². The third-order valence-corrected chi connectivity index (χ3v) is 2.13. The molecule has 0 bridgehead atoms. The number of alkyl halides is 2. The van der Waals surface area contributed by atoms with Crippen LogP contribution in [0.25, 0.3) is 0 Å². The van der Waals surface area contributed by atoms with Crippen LogP contribution in [0.2, 0.25) is 5.02 Å². The van der Waals surface area contributed by atoms with Gasteiger partial charge in [-0.15, -0.1) is 0 Å². The molecule has 0 heterocycles. The van der Waals surface area contributed by atoms with E-state index in [0.29, 0.717) is 0 Å². The lowest BCUT2D eigenvalue weighted by molar-refractivity contribution is -0.386. The molecule has 0 aliphatic heterocycles. The van der Waals surface area contributed by atoms with Gasteiger partial charge in [0.15, 0.2) is 0 Å². The van der Waals surface area contributed by atoms with Crippen molar-refractivity contribution in [2.24, 2.45) is 0 Å². The van der Waals surface area contributed by atoms with Crippen molar-refractivity contribution >= 4 is 17.3 Å². The molecule has 0 fully saturated rings. The van der Waals surface area contributed by atoms with E-state index in [1.54, 1.807) is 0 Å². The van der Waals surface area contributed by atoms with E-state index in [4.69, 9.17) is 11.6 Å². The van der Waals surface area contributed by atoms with Gasteiger partial charge in [0, 0.05) is 16.7 Å². The zero-order valence-corrected chi connectivity index (χ0v) is 8.29. The van der Waals surface area contributed by atoms with Gasteiger partial charge in [0.05, 0.1) is 4.92 Å². The molecule has 1 aromatic rings. The van der Waals surface area contributed by atoms with Crippen LogP contribution in [0, 0.1) is 17.0 Å². The highest BCUT2D eigenvalue weighted by Gasteiger charge is 2.22. The van der Waals surface area contributed by atoms with Crippen molar-refractivity contribution in [2.75, 3.05) is 0 Å². The van der Waals surface area contributed by atoms with E-state index in [-0.39, 0.29) is 10.6 Å². The average Bonchev–Trinajstić information content (AvgIpc) is 2.12. The van der Waals surface area contributed by atoms with Crippen LogP contribution in [0.15, 0.2) is 12.1 Å². The number of nitrogens with zero attached hydrogens (tertiary/aromatic N) is 1. The van der Waals surface area contributed by atoms with Gasteiger partial charge in [-0.1, -0.05) is 11.6 Å². The van der Waals surface area contributed by atoms with E-state index in [9.17, 15) is 18.9 Å². The van der Waals surface area contributed by atoms with Crippen LogP contribution >= 0.6 is 11.6 Å². The molecule has 4 nitrogen and oxygen atoms in total. The van der Waals surface area contributed by atoms with Gasteiger partial charge in [0.25, 0.3) is 0 Å². The Kier molecular flexibility index (Phi) is 3.41. The Morgan fingerprint density at radius 2 is 2.13 bits per heavy atom. The molecule has 0 aliphatic rings. The van der Waals surface area contributed by atoms with Crippen molar-refractivity contribution < 1.29 is 18.4 Å². The smallest absolute Gasteiger partial charge is 0.387 e. The van der Waals surface area contributed by atoms with Gasteiger partial charge < -0.3 is 4.74 Å². The average molecular weight is 238 g/mol. The molecule has 7 heteroatoms. The topological polar surface area (TPSA) is 52.4 Å². The maximum Gasteiger partial charge on any atom is 0.387 e. The summed E-state index contributed by atoms with van der Waals surface area (Å²) in [6.07, 6.45) is 0. The molecule has 0 amide bonds. The Labute approximate surface area is 88.6 Å². The van der Waals surface area contributed by atoms with Crippen LogP contribution in [-0.4, -0.2) is 11.5 Å². The normalized spacial score (nSPS) is 10.5. The zero-order chi connectivity index (χ0) is 11.6. The zero-order valence-electron chi connectivity index (χ0n) is 7.54. The van der Waals surface area contributed by atoms with Crippen LogP contribution in [0.1, 0.15) is 5.56 Å². The maximum absolute atomic E-state index is 12.0. The molecule has 1 aromatic carbocycles. The third kappa shape index (κ3) is 2.53. The lowest BCUT2D eigenvalue weighted by atomic mass is 10.2. The fraction of sp³-hybridized carbons (Fsp3) is 0.250. The summed E-state index contributed by atoms with van der Waals surface area (Å²) < 4.78 is 28.0. The first-order valence-corrected chi connectivity index (χ1v) is 4.19. The first-order valence-electron chi connectivity index (χ1n) is 3.81. The minimum Gasteiger partial charge on any atom is -0.427 e. The van der Waals surface area contributed by atoms with Crippen molar-refractivity contribution in [2.45, 2.75) is 13.5 Å². The predicted molar refractivity (Wildman–Crippen MR) is 49.5 cm³/mol. The molecule has 0 saturated heterocycles. The molecular formula is C8H6ClF2NO3. The summed E-state index contributed by atoms with van der Waals surface area (Å²) in [5, 5.41) is 10.6. The summed E-state index contributed by atoms with van der Waals surface area (Å²) in [4.78, 5) is 9.70. The Hall–Kier alpha value is -1.43. The van der Waals surface area contributed by atoms with Gasteiger partial charge in [0.2, 0.25) is 5.75 Å². The fourth-order valence-corrected chi connectivity index (χ4v) is 1.18. The first kappa shape index (κ1) is 11.6. The summed E-state index contributed by atoms with van der Waals surface area (Å²) in [6.45, 7) is -1.76. The molecular weight excluding hydrogens is 232 g/mol. The van der Waals surface area contributed by atoms with E-state index in [1.165, 1.54) is 13.0 Å². The minimum atomic E-state index is -3.12. The third-order valence-electron chi connectivity index (χ3n) is 1.72. The number of halogens is 3. The fourth-order valence-electron chi connectivity index (χ4n) is 1.03. The second-order valence-electron chi connectivity index (χ2n) is 2.66. The SMILES string of the molecule is Cc1c(Cl)ccc([N+](=O)[O-])c1OC(F)F. The van der Waals surface area contributed by atoms with E-state index in [2.05, 4.69) is 4.74 Å². The molecule has 0 saturated carbocycles.